The number of carbonyl (C=O) groups excluding carboxylic acids is 1. The SMILES string of the molecule is CNCC1CCN(C(=O)C(C)(C)c2ccccc2C)CC1. The van der Waals surface area contributed by atoms with Gasteiger partial charge in [-0.05, 0) is 64.3 Å². The lowest BCUT2D eigenvalue weighted by Gasteiger charge is -2.37. The van der Waals surface area contributed by atoms with Crippen LogP contribution in [0.25, 0.3) is 0 Å². The fraction of sp³-hybridized carbons (Fsp3) is 0.611. The second-order valence-corrected chi connectivity index (χ2v) is 6.73. The third-order valence-corrected chi connectivity index (χ3v) is 4.75. The van der Waals surface area contributed by atoms with Crippen LogP contribution in [0.5, 0.6) is 0 Å². The Morgan fingerprint density at radius 1 is 1.29 bits per heavy atom. The average Bonchev–Trinajstić information content (AvgIpc) is 2.48. The zero-order valence-corrected chi connectivity index (χ0v) is 13.8. The highest BCUT2D eigenvalue weighted by Crippen LogP contribution is 2.30. The lowest BCUT2D eigenvalue weighted by molar-refractivity contribution is -0.137. The van der Waals surface area contributed by atoms with E-state index < -0.39 is 5.41 Å². The van der Waals surface area contributed by atoms with Gasteiger partial charge in [0.1, 0.15) is 0 Å². The Kier molecular flexibility index (Phi) is 5.04. The molecule has 116 valence electrons. The fourth-order valence-corrected chi connectivity index (χ4v) is 3.41. The molecule has 0 bridgehead atoms. The van der Waals surface area contributed by atoms with Gasteiger partial charge in [-0.25, -0.2) is 0 Å². The van der Waals surface area contributed by atoms with Crippen molar-refractivity contribution in [2.75, 3.05) is 26.7 Å². The van der Waals surface area contributed by atoms with Crippen LogP contribution in [0.3, 0.4) is 0 Å². The van der Waals surface area contributed by atoms with Gasteiger partial charge in [0.2, 0.25) is 5.91 Å². The first-order valence-corrected chi connectivity index (χ1v) is 7.97. The molecular formula is C18H28N2O. The molecule has 0 unspecified atom stereocenters. The Morgan fingerprint density at radius 3 is 2.48 bits per heavy atom. The molecule has 1 N–H and O–H groups in total. The predicted molar refractivity (Wildman–Crippen MR) is 87.4 cm³/mol. The monoisotopic (exact) mass is 288 g/mol. The molecule has 1 aromatic rings. The van der Waals surface area contributed by atoms with Gasteiger partial charge in [0.05, 0.1) is 5.41 Å². The normalized spacial score (nSPS) is 17.0. The molecule has 0 radical (unpaired) electrons. The molecule has 0 aliphatic carbocycles. The van der Waals surface area contributed by atoms with Gasteiger partial charge in [-0.3, -0.25) is 4.79 Å². The van der Waals surface area contributed by atoms with E-state index in [4.69, 9.17) is 0 Å². The lowest BCUT2D eigenvalue weighted by atomic mass is 9.80. The van der Waals surface area contributed by atoms with E-state index >= 15 is 0 Å². The van der Waals surface area contributed by atoms with E-state index in [9.17, 15) is 4.79 Å². The van der Waals surface area contributed by atoms with Gasteiger partial charge in [-0.2, -0.15) is 0 Å². The molecule has 0 atom stereocenters. The number of benzene rings is 1. The first kappa shape index (κ1) is 16.0. The Balaban J connectivity index is 2.08. The van der Waals surface area contributed by atoms with Gasteiger partial charge in [-0.15, -0.1) is 0 Å². The maximum atomic E-state index is 12.9. The summed E-state index contributed by atoms with van der Waals surface area (Å²) in [6.45, 7) is 9.03. The van der Waals surface area contributed by atoms with Crippen molar-refractivity contribution >= 4 is 5.91 Å². The standard InChI is InChI=1S/C18H28N2O/c1-14-7-5-6-8-16(14)18(2,3)17(21)20-11-9-15(10-12-20)13-19-4/h5-8,15,19H,9-13H2,1-4H3. The summed E-state index contributed by atoms with van der Waals surface area (Å²) in [6.07, 6.45) is 2.22. The first-order chi connectivity index (χ1) is 9.96. The number of likely N-dealkylation sites (tertiary alicyclic amines) is 1. The quantitative estimate of drug-likeness (QED) is 0.924. The topological polar surface area (TPSA) is 32.3 Å². The zero-order valence-electron chi connectivity index (χ0n) is 13.8. The third-order valence-electron chi connectivity index (χ3n) is 4.75. The predicted octanol–water partition coefficient (Wildman–Crippen LogP) is 2.73. The summed E-state index contributed by atoms with van der Waals surface area (Å²) in [6, 6.07) is 8.23. The number of nitrogens with one attached hydrogen (secondary N) is 1. The highest BCUT2D eigenvalue weighted by Gasteiger charge is 2.36. The summed E-state index contributed by atoms with van der Waals surface area (Å²) in [5, 5.41) is 3.24. The summed E-state index contributed by atoms with van der Waals surface area (Å²) in [7, 11) is 2.00. The largest absolute Gasteiger partial charge is 0.342 e. The minimum Gasteiger partial charge on any atom is -0.342 e. The van der Waals surface area contributed by atoms with Crippen LogP contribution in [0.15, 0.2) is 24.3 Å². The summed E-state index contributed by atoms with van der Waals surface area (Å²) in [5.41, 5.74) is 1.90. The first-order valence-electron chi connectivity index (χ1n) is 7.97. The van der Waals surface area contributed by atoms with Crippen LogP contribution in [0.4, 0.5) is 0 Å². The van der Waals surface area contributed by atoms with Gasteiger partial charge in [-0.1, -0.05) is 24.3 Å². The molecule has 21 heavy (non-hydrogen) atoms. The molecule has 1 fully saturated rings. The van der Waals surface area contributed by atoms with Crippen LogP contribution in [0, 0.1) is 12.8 Å². The van der Waals surface area contributed by atoms with E-state index in [1.165, 1.54) is 5.56 Å². The third kappa shape index (κ3) is 3.46. The number of carbonyl (C=O) groups is 1. The van der Waals surface area contributed by atoms with E-state index in [0.717, 1.165) is 38.0 Å². The van der Waals surface area contributed by atoms with E-state index in [1.54, 1.807) is 0 Å². The molecule has 0 saturated carbocycles. The van der Waals surface area contributed by atoms with Crippen LogP contribution in [-0.4, -0.2) is 37.5 Å². The maximum Gasteiger partial charge on any atom is 0.232 e. The van der Waals surface area contributed by atoms with Crippen molar-refractivity contribution in [3.8, 4) is 0 Å². The number of hydrogen-bond donors (Lipinski definition) is 1. The molecule has 3 nitrogen and oxygen atoms in total. The molecule has 0 spiro atoms. The Morgan fingerprint density at radius 2 is 1.90 bits per heavy atom. The molecule has 1 aliphatic rings. The zero-order chi connectivity index (χ0) is 15.5. The van der Waals surface area contributed by atoms with E-state index in [-0.39, 0.29) is 5.91 Å². The lowest BCUT2D eigenvalue weighted by Crippen LogP contribution is -2.48. The van der Waals surface area contributed by atoms with E-state index in [1.807, 2.05) is 19.2 Å². The minimum atomic E-state index is -0.443. The van der Waals surface area contributed by atoms with Crippen LogP contribution < -0.4 is 5.32 Å². The Labute approximate surface area is 128 Å². The van der Waals surface area contributed by atoms with Crippen molar-refractivity contribution in [3.63, 3.8) is 0 Å². The summed E-state index contributed by atoms with van der Waals surface area (Å²) < 4.78 is 0. The van der Waals surface area contributed by atoms with Gasteiger partial charge >= 0.3 is 0 Å². The van der Waals surface area contributed by atoms with Crippen molar-refractivity contribution in [1.82, 2.24) is 10.2 Å². The van der Waals surface area contributed by atoms with Crippen molar-refractivity contribution in [1.29, 1.82) is 0 Å². The van der Waals surface area contributed by atoms with Gasteiger partial charge in [0.25, 0.3) is 0 Å². The molecular weight excluding hydrogens is 260 g/mol. The van der Waals surface area contributed by atoms with Crippen molar-refractivity contribution in [2.24, 2.45) is 5.92 Å². The summed E-state index contributed by atoms with van der Waals surface area (Å²) in [5.74, 6) is 0.973. The Hall–Kier alpha value is -1.35. The Bertz CT molecular complexity index is 488. The van der Waals surface area contributed by atoms with Crippen molar-refractivity contribution in [2.45, 2.75) is 39.0 Å². The molecule has 0 aromatic heterocycles. The molecule has 2 rings (SSSR count). The van der Waals surface area contributed by atoms with Crippen LogP contribution in [0.1, 0.15) is 37.8 Å². The summed E-state index contributed by atoms with van der Waals surface area (Å²) >= 11 is 0. The van der Waals surface area contributed by atoms with Gasteiger partial charge < -0.3 is 10.2 Å². The van der Waals surface area contributed by atoms with Crippen LogP contribution >= 0.6 is 0 Å². The average molecular weight is 288 g/mol. The van der Waals surface area contributed by atoms with E-state index in [2.05, 4.69) is 43.1 Å². The van der Waals surface area contributed by atoms with Crippen molar-refractivity contribution in [3.05, 3.63) is 35.4 Å². The number of aryl methyl sites for hydroxylation is 1. The highest BCUT2D eigenvalue weighted by molar-refractivity contribution is 5.87. The fourth-order valence-electron chi connectivity index (χ4n) is 3.41. The number of rotatable bonds is 4. The van der Waals surface area contributed by atoms with Crippen LogP contribution in [0.2, 0.25) is 0 Å². The number of hydrogen-bond acceptors (Lipinski definition) is 2. The molecule has 1 aliphatic heterocycles. The van der Waals surface area contributed by atoms with Crippen LogP contribution in [-0.2, 0) is 10.2 Å². The molecule has 1 amide bonds. The molecule has 1 aromatic carbocycles. The second kappa shape index (κ2) is 6.61. The number of amides is 1. The second-order valence-electron chi connectivity index (χ2n) is 6.73. The number of piperidine rings is 1. The molecule has 1 saturated heterocycles. The number of nitrogens with zero attached hydrogens (tertiary/aromatic N) is 1. The van der Waals surface area contributed by atoms with Gasteiger partial charge in [0, 0.05) is 13.1 Å². The van der Waals surface area contributed by atoms with Gasteiger partial charge in [0.15, 0.2) is 0 Å². The smallest absolute Gasteiger partial charge is 0.232 e. The summed E-state index contributed by atoms with van der Waals surface area (Å²) in [4.78, 5) is 15.0. The minimum absolute atomic E-state index is 0.264. The molecule has 1 heterocycles. The maximum absolute atomic E-state index is 12.9. The highest BCUT2D eigenvalue weighted by atomic mass is 16.2. The molecule has 3 heteroatoms. The van der Waals surface area contributed by atoms with Crippen molar-refractivity contribution < 1.29 is 4.79 Å². The van der Waals surface area contributed by atoms with E-state index in [0.29, 0.717) is 5.92 Å².